The average molecular weight is 405 g/mol. The van der Waals surface area contributed by atoms with Gasteiger partial charge in [-0.2, -0.15) is 0 Å². The van der Waals surface area contributed by atoms with E-state index in [1.54, 1.807) is 4.90 Å². The Hall–Kier alpha value is -2.05. The lowest BCUT2D eigenvalue weighted by Crippen LogP contribution is -2.57. The van der Waals surface area contributed by atoms with Gasteiger partial charge in [0.2, 0.25) is 6.54 Å². The standard InChI is InChI=1S/C19H28N6O2S/c1-19(2,3)27-18(26)25-9-8-24(12-13(25)10-20-4)16-14-6-7-21-11-15(14)22-17(23-16)28-5/h13,21H,6-12H2,1-3,5H3/t13-/m0/s1. The van der Waals surface area contributed by atoms with E-state index in [9.17, 15) is 4.79 Å². The van der Waals surface area contributed by atoms with Crippen LogP contribution in [0.2, 0.25) is 0 Å². The highest BCUT2D eigenvalue weighted by molar-refractivity contribution is 7.98. The van der Waals surface area contributed by atoms with Crippen LogP contribution in [0.3, 0.4) is 0 Å². The monoisotopic (exact) mass is 404 g/mol. The Morgan fingerprint density at radius 1 is 1.39 bits per heavy atom. The molecule has 1 fully saturated rings. The van der Waals surface area contributed by atoms with Crippen LogP contribution in [0.5, 0.6) is 0 Å². The molecule has 0 saturated carbocycles. The molecule has 0 spiro atoms. The molecule has 1 amide bonds. The van der Waals surface area contributed by atoms with E-state index in [-0.39, 0.29) is 18.7 Å². The molecule has 3 rings (SSSR count). The smallest absolute Gasteiger partial charge is 0.410 e. The van der Waals surface area contributed by atoms with Crippen LogP contribution in [-0.2, 0) is 17.7 Å². The minimum absolute atomic E-state index is 0.217. The number of rotatable bonds is 3. The van der Waals surface area contributed by atoms with Crippen LogP contribution >= 0.6 is 11.8 Å². The minimum Gasteiger partial charge on any atom is -0.444 e. The van der Waals surface area contributed by atoms with Crippen molar-refractivity contribution in [2.24, 2.45) is 0 Å². The number of nitrogens with zero attached hydrogens (tertiary/aromatic N) is 5. The molecule has 0 radical (unpaired) electrons. The molecule has 3 heterocycles. The maximum atomic E-state index is 12.6. The number of hydrogen-bond acceptors (Lipinski definition) is 7. The number of piperazine rings is 1. The van der Waals surface area contributed by atoms with Crippen molar-refractivity contribution in [3.63, 3.8) is 0 Å². The molecule has 1 saturated heterocycles. The minimum atomic E-state index is -0.553. The van der Waals surface area contributed by atoms with Crippen molar-refractivity contribution >= 4 is 23.7 Å². The zero-order valence-corrected chi connectivity index (χ0v) is 17.8. The zero-order chi connectivity index (χ0) is 20.3. The first-order valence-electron chi connectivity index (χ1n) is 9.54. The maximum Gasteiger partial charge on any atom is 0.410 e. The SMILES string of the molecule is [C-]#[N+]C[C@H]1CN(c2nc(SC)nc3c2CCNC3)CCN1C(=O)OC(C)(C)C. The summed E-state index contributed by atoms with van der Waals surface area (Å²) in [5.41, 5.74) is 1.68. The summed E-state index contributed by atoms with van der Waals surface area (Å²) in [6.45, 7) is 16.6. The van der Waals surface area contributed by atoms with Gasteiger partial charge in [-0.05, 0) is 40.0 Å². The molecule has 0 aliphatic carbocycles. The van der Waals surface area contributed by atoms with Crippen LogP contribution < -0.4 is 10.2 Å². The molecule has 1 aromatic rings. The van der Waals surface area contributed by atoms with Gasteiger partial charge in [0.25, 0.3) is 0 Å². The fourth-order valence-electron chi connectivity index (χ4n) is 3.54. The van der Waals surface area contributed by atoms with E-state index < -0.39 is 5.60 Å². The van der Waals surface area contributed by atoms with Gasteiger partial charge in [-0.3, -0.25) is 4.90 Å². The number of nitrogens with one attached hydrogen (secondary N) is 1. The summed E-state index contributed by atoms with van der Waals surface area (Å²) >= 11 is 1.53. The Bertz CT molecular complexity index is 773. The van der Waals surface area contributed by atoms with E-state index in [2.05, 4.69) is 20.0 Å². The normalized spacial score (nSPS) is 19.8. The second kappa shape index (κ2) is 8.53. The van der Waals surface area contributed by atoms with E-state index in [0.29, 0.717) is 19.6 Å². The summed E-state index contributed by atoms with van der Waals surface area (Å²) in [6, 6.07) is -0.217. The molecule has 1 aromatic heterocycles. The third-order valence-electron chi connectivity index (χ3n) is 4.79. The number of carbonyl (C=O) groups excluding carboxylic acids is 1. The lowest BCUT2D eigenvalue weighted by atomic mass is 10.1. The lowest BCUT2D eigenvalue weighted by molar-refractivity contribution is 0.0155. The highest BCUT2D eigenvalue weighted by Gasteiger charge is 2.36. The predicted molar refractivity (Wildman–Crippen MR) is 110 cm³/mol. The molecule has 1 N–H and O–H groups in total. The molecular formula is C19H28N6O2S. The molecule has 0 bridgehead atoms. The third kappa shape index (κ3) is 4.67. The summed E-state index contributed by atoms with van der Waals surface area (Å²) in [6.07, 6.45) is 2.52. The quantitative estimate of drug-likeness (QED) is 0.470. The van der Waals surface area contributed by atoms with Gasteiger partial charge in [0.15, 0.2) is 5.16 Å². The summed E-state index contributed by atoms with van der Waals surface area (Å²) in [5, 5.41) is 4.13. The van der Waals surface area contributed by atoms with Gasteiger partial charge in [-0.25, -0.2) is 21.3 Å². The third-order valence-corrected chi connectivity index (χ3v) is 5.34. The second-order valence-electron chi connectivity index (χ2n) is 8.00. The van der Waals surface area contributed by atoms with Gasteiger partial charge in [0.1, 0.15) is 17.5 Å². The molecule has 1 atom stereocenters. The van der Waals surface area contributed by atoms with Gasteiger partial charge < -0.3 is 19.8 Å². The Balaban J connectivity index is 1.84. The molecule has 2 aliphatic heterocycles. The van der Waals surface area contributed by atoms with Crippen molar-refractivity contribution in [3.8, 4) is 0 Å². The number of thioether (sulfide) groups is 1. The Kier molecular flexibility index (Phi) is 6.30. The van der Waals surface area contributed by atoms with Crippen molar-refractivity contribution < 1.29 is 9.53 Å². The molecule has 0 unspecified atom stereocenters. The van der Waals surface area contributed by atoms with Gasteiger partial charge in [0.05, 0.1) is 5.69 Å². The van der Waals surface area contributed by atoms with Crippen molar-refractivity contribution in [3.05, 3.63) is 22.7 Å². The van der Waals surface area contributed by atoms with Crippen LogP contribution in [-0.4, -0.2) is 71.6 Å². The van der Waals surface area contributed by atoms with Gasteiger partial charge in [-0.15, -0.1) is 0 Å². The summed E-state index contributed by atoms with van der Waals surface area (Å²) in [7, 11) is 0. The number of carbonyl (C=O) groups is 1. The van der Waals surface area contributed by atoms with Crippen LogP contribution in [0.15, 0.2) is 5.16 Å². The molecular weight excluding hydrogens is 376 g/mol. The molecule has 152 valence electrons. The zero-order valence-electron chi connectivity index (χ0n) is 17.0. The van der Waals surface area contributed by atoms with E-state index in [1.165, 1.54) is 17.3 Å². The second-order valence-corrected chi connectivity index (χ2v) is 8.77. The van der Waals surface area contributed by atoms with Gasteiger partial charge in [0, 0.05) is 31.7 Å². The summed E-state index contributed by atoms with van der Waals surface area (Å²) in [4.78, 5) is 29.5. The van der Waals surface area contributed by atoms with Gasteiger partial charge in [-0.1, -0.05) is 11.8 Å². The molecule has 2 aliphatic rings. The highest BCUT2D eigenvalue weighted by atomic mass is 32.2. The Labute approximate surface area is 170 Å². The largest absolute Gasteiger partial charge is 0.444 e. The summed E-state index contributed by atoms with van der Waals surface area (Å²) in [5.74, 6) is 0.953. The van der Waals surface area contributed by atoms with E-state index >= 15 is 0 Å². The fourth-order valence-corrected chi connectivity index (χ4v) is 3.92. The number of amides is 1. The average Bonchev–Trinajstić information content (AvgIpc) is 2.66. The Morgan fingerprint density at radius 3 is 2.86 bits per heavy atom. The number of fused-ring (bicyclic) bond motifs is 1. The lowest BCUT2D eigenvalue weighted by Gasteiger charge is -2.41. The van der Waals surface area contributed by atoms with Crippen molar-refractivity contribution in [2.75, 3.05) is 43.9 Å². The van der Waals surface area contributed by atoms with Crippen molar-refractivity contribution in [1.29, 1.82) is 0 Å². The van der Waals surface area contributed by atoms with Crippen LogP contribution in [0.4, 0.5) is 10.6 Å². The first-order chi connectivity index (χ1) is 13.3. The van der Waals surface area contributed by atoms with Crippen LogP contribution in [0.25, 0.3) is 4.85 Å². The van der Waals surface area contributed by atoms with E-state index in [4.69, 9.17) is 16.3 Å². The first kappa shape index (κ1) is 20.7. The topological polar surface area (TPSA) is 75.0 Å². The molecule has 28 heavy (non-hydrogen) atoms. The van der Waals surface area contributed by atoms with Crippen molar-refractivity contribution in [2.45, 2.75) is 50.5 Å². The van der Waals surface area contributed by atoms with Crippen LogP contribution in [0, 0.1) is 6.57 Å². The van der Waals surface area contributed by atoms with Gasteiger partial charge >= 0.3 is 6.09 Å². The molecule has 0 aromatic carbocycles. The molecule has 9 heteroatoms. The Morgan fingerprint density at radius 2 is 2.18 bits per heavy atom. The number of ether oxygens (including phenoxy) is 1. The fraction of sp³-hybridized carbons (Fsp3) is 0.684. The highest BCUT2D eigenvalue weighted by Crippen LogP contribution is 2.28. The number of anilines is 1. The predicted octanol–water partition coefficient (Wildman–Crippen LogP) is 2.19. The molecule has 8 nitrogen and oxygen atoms in total. The summed E-state index contributed by atoms with van der Waals surface area (Å²) < 4.78 is 5.55. The van der Waals surface area contributed by atoms with E-state index in [1.807, 2.05) is 27.0 Å². The number of hydrogen-bond donors (Lipinski definition) is 1. The van der Waals surface area contributed by atoms with Crippen molar-refractivity contribution in [1.82, 2.24) is 20.2 Å². The van der Waals surface area contributed by atoms with E-state index in [0.717, 1.165) is 36.2 Å². The first-order valence-corrected chi connectivity index (χ1v) is 10.8. The number of aromatic nitrogens is 2. The van der Waals surface area contributed by atoms with Crippen LogP contribution in [0.1, 0.15) is 32.0 Å². The maximum absolute atomic E-state index is 12.6.